The molecule has 0 saturated carbocycles. The van der Waals surface area contributed by atoms with Crippen LogP contribution in [0, 0.1) is 0 Å². The lowest BCUT2D eigenvalue weighted by Gasteiger charge is -2.19. The topological polar surface area (TPSA) is 69.7 Å². The van der Waals surface area contributed by atoms with Gasteiger partial charge in [-0.3, -0.25) is 14.4 Å². The fourth-order valence-corrected chi connectivity index (χ4v) is 2.57. The van der Waals surface area contributed by atoms with Gasteiger partial charge in [0.15, 0.2) is 17.3 Å². The Bertz CT molecular complexity index is 898. The second kappa shape index (κ2) is 9.41. The first-order chi connectivity index (χ1) is 14.7. The Morgan fingerprint density at radius 2 is 0.906 bits per heavy atom. The molecule has 5 nitrogen and oxygen atoms in total. The summed E-state index contributed by atoms with van der Waals surface area (Å²) in [6.07, 6.45) is -15.1. The predicted molar refractivity (Wildman–Crippen MR) is 98.6 cm³/mol. The summed E-state index contributed by atoms with van der Waals surface area (Å²) in [5.41, 5.74) is 0.101. The lowest BCUT2D eigenvalue weighted by Crippen LogP contribution is -2.40. The number of ether oxygens (including phenoxy) is 2. The van der Waals surface area contributed by atoms with Gasteiger partial charge in [-0.15, -0.1) is 0 Å². The minimum Gasteiger partial charge on any atom is -0.473 e. The van der Waals surface area contributed by atoms with Crippen molar-refractivity contribution in [1.82, 2.24) is 0 Å². The second-order valence-corrected chi connectivity index (χ2v) is 6.68. The van der Waals surface area contributed by atoms with Crippen LogP contribution in [-0.4, -0.2) is 41.9 Å². The second-order valence-electron chi connectivity index (χ2n) is 6.68. The fraction of sp³-hybridized carbons (Fsp3) is 0.286. The Morgan fingerprint density at radius 1 is 0.625 bits per heavy atom. The molecular weight excluding hydrogens is 446 g/mol. The average Bonchev–Trinajstić information content (AvgIpc) is 2.68. The van der Waals surface area contributed by atoms with Crippen molar-refractivity contribution < 1.29 is 50.2 Å². The van der Waals surface area contributed by atoms with Crippen LogP contribution in [0.4, 0.5) is 26.3 Å². The zero-order valence-electron chi connectivity index (χ0n) is 16.6. The number of halogens is 6. The average molecular weight is 462 g/mol. The first-order valence-electron chi connectivity index (χ1n) is 8.92. The summed E-state index contributed by atoms with van der Waals surface area (Å²) >= 11 is 0. The van der Waals surface area contributed by atoms with Gasteiger partial charge in [-0.1, -0.05) is 0 Å². The number of Topliss-reactive ketones (excluding diaryl/α,β-unsaturated/α-hetero) is 2. The van der Waals surface area contributed by atoms with Crippen molar-refractivity contribution in [3.63, 3.8) is 0 Å². The minimum absolute atomic E-state index is 0.0503. The van der Waals surface area contributed by atoms with E-state index in [1.807, 2.05) is 0 Å². The van der Waals surface area contributed by atoms with Crippen LogP contribution in [0.5, 0.6) is 11.5 Å². The molecule has 0 N–H and O–H groups in total. The van der Waals surface area contributed by atoms with Crippen molar-refractivity contribution in [3.8, 4) is 11.5 Å². The van der Waals surface area contributed by atoms with E-state index in [1.54, 1.807) is 0 Å². The van der Waals surface area contributed by atoms with Crippen LogP contribution in [0.25, 0.3) is 0 Å². The molecule has 2 unspecified atom stereocenters. The summed E-state index contributed by atoms with van der Waals surface area (Å²) in [5.74, 6) is -3.63. The van der Waals surface area contributed by atoms with Crippen LogP contribution in [0.1, 0.15) is 29.8 Å². The smallest absolute Gasteiger partial charge is 0.432 e. The van der Waals surface area contributed by atoms with E-state index in [1.165, 1.54) is 24.3 Å². The van der Waals surface area contributed by atoms with Crippen molar-refractivity contribution >= 4 is 17.3 Å². The van der Waals surface area contributed by atoms with Gasteiger partial charge in [-0.2, -0.15) is 26.3 Å². The number of carbonyl (C=O) groups excluding carboxylic acids is 3. The van der Waals surface area contributed by atoms with Gasteiger partial charge in [-0.25, -0.2) is 0 Å². The maximum Gasteiger partial charge on any atom is 0.432 e. The Hall–Kier alpha value is -3.37. The molecule has 0 aliphatic carbocycles. The third-order valence-corrected chi connectivity index (χ3v) is 4.07. The van der Waals surface area contributed by atoms with Crippen molar-refractivity contribution in [2.75, 3.05) is 0 Å². The molecule has 0 aliphatic heterocycles. The quantitative estimate of drug-likeness (QED) is 0.420. The van der Waals surface area contributed by atoms with Crippen LogP contribution in [0.15, 0.2) is 48.5 Å². The molecule has 0 amide bonds. The Labute approximate surface area is 177 Å². The summed E-state index contributed by atoms with van der Waals surface area (Å²) in [6.45, 7) is 1.47. The van der Waals surface area contributed by atoms with Gasteiger partial charge in [0.25, 0.3) is 12.2 Å². The maximum absolute atomic E-state index is 12.8. The summed E-state index contributed by atoms with van der Waals surface area (Å²) < 4.78 is 86.2. The third-order valence-electron chi connectivity index (χ3n) is 4.07. The van der Waals surface area contributed by atoms with Gasteiger partial charge < -0.3 is 9.47 Å². The van der Waals surface area contributed by atoms with Crippen LogP contribution in [-0.2, 0) is 9.59 Å². The van der Waals surface area contributed by atoms with Gasteiger partial charge in [0.05, 0.1) is 0 Å². The number of benzene rings is 2. The lowest BCUT2D eigenvalue weighted by atomic mass is 10.0. The molecule has 2 rings (SSSR count). The molecule has 0 aromatic heterocycles. The molecule has 32 heavy (non-hydrogen) atoms. The van der Waals surface area contributed by atoms with E-state index in [-0.39, 0.29) is 22.6 Å². The summed E-state index contributed by atoms with van der Waals surface area (Å²) in [6, 6.07) is 8.99. The van der Waals surface area contributed by atoms with Gasteiger partial charge >= 0.3 is 12.4 Å². The molecule has 0 bridgehead atoms. The molecule has 2 atom stereocenters. The molecule has 0 aliphatic rings. The number of hydrogen-bond acceptors (Lipinski definition) is 5. The largest absolute Gasteiger partial charge is 0.473 e. The van der Waals surface area contributed by atoms with E-state index in [0.29, 0.717) is 0 Å². The van der Waals surface area contributed by atoms with Gasteiger partial charge in [0.1, 0.15) is 11.5 Å². The molecule has 2 aromatic rings. The SMILES string of the molecule is CC(=O)C(Oc1ccc(C(=O)c2ccc(OC(C(C)=O)C(F)(F)F)cc2)cc1)C(F)(F)F. The highest BCUT2D eigenvalue weighted by atomic mass is 19.4. The van der Waals surface area contributed by atoms with E-state index in [2.05, 4.69) is 9.47 Å². The number of carbonyl (C=O) groups is 3. The van der Waals surface area contributed by atoms with Crippen molar-refractivity contribution in [2.45, 2.75) is 38.4 Å². The zero-order valence-corrected chi connectivity index (χ0v) is 16.6. The van der Waals surface area contributed by atoms with Crippen molar-refractivity contribution in [3.05, 3.63) is 59.7 Å². The van der Waals surface area contributed by atoms with E-state index in [4.69, 9.17) is 0 Å². The van der Waals surface area contributed by atoms with Crippen LogP contribution in [0.3, 0.4) is 0 Å². The molecule has 0 fully saturated rings. The Kier molecular flexibility index (Phi) is 7.32. The molecule has 0 saturated heterocycles. The molecule has 11 heteroatoms. The molecule has 0 heterocycles. The zero-order chi connectivity index (χ0) is 24.3. The molecule has 2 aromatic carbocycles. The van der Waals surface area contributed by atoms with Gasteiger partial charge in [-0.05, 0) is 62.4 Å². The number of hydrogen-bond donors (Lipinski definition) is 0. The minimum atomic E-state index is -4.91. The lowest BCUT2D eigenvalue weighted by molar-refractivity contribution is -0.196. The van der Waals surface area contributed by atoms with E-state index in [9.17, 15) is 40.7 Å². The standard InChI is InChI=1S/C21H16F6O5/c1-11(28)18(20(22,23)24)31-15-7-3-13(4-8-15)17(30)14-5-9-16(10-6-14)32-19(12(2)29)21(25,26)27/h3-10,18-19H,1-2H3. The third kappa shape index (κ3) is 6.32. The van der Waals surface area contributed by atoms with E-state index in [0.717, 1.165) is 38.1 Å². The summed E-state index contributed by atoms with van der Waals surface area (Å²) in [7, 11) is 0. The van der Waals surface area contributed by atoms with Crippen molar-refractivity contribution in [2.24, 2.45) is 0 Å². The highest BCUT2D eigenvalue weighted by Gasteiger charge is 2.46. The Balaban J connectivity index is 2.13. The maximum atomic E-state index is 12.8. The van der Waals surface area contributed by atoms with E-state index < -0.39 is 41.9 Å². The molecule has 0 radical (unpaired) electrons. The summed E-state index contributed by atoms with van der Waals surface area (Å²) in [5, 5.41) is 0. The number of alkyl halides is 6. The molecule has 0 spiro atoms. The van der Waals surface area contributed by atoms with Gasteiger partial charge in [0.2, 0.25) is 0 Å². The molecular formula is C21H16F6O5. The first kappa shape index (κ1) is 24.9. The van der Waals surface area contributed by atoms with Crippen LogP contribution < -0.4 is 9.47 Å². The predicted octanol–water partition coefficient (Wildman–Crippen LogP) is 4.72. The number of ketones is 3. The Morgan fingerprint density at radius 3 is 1.12 bits per heavy atom. The van der Waals surface area contributed by atoms with Crippen LogP contribution in [0.2, 0.25) is 0 Å². The highest BCUT2D eigenvalue weighted by molar-refractivity contribution is 6.09. The normalized spacial score (nSPS) is 13.8. The number of rotatable bonds is 8. The fourth-order valence-electron chi connectivity index (χ4n) is 2.57. The first-order valence-corrected chi connectivity index (χ1v) is 8.92. The molecule has 172 valence electrons. The highest BCUT2D eigenvalue weighted by Crippen LogP contribution is 2.28. The van der Waals surface area contributed by atoms with Crippen molar-refractivity contribution in [1.29, 1.82) is 0 Å². The summed E-state index contributed by atoms with van der Waals surface area (Å²) in [4.78, 5) is 34.8. The van der Waals surface area contributed by atoms with Crippen LogP contribution >= 0.6 is 0 Å². The van der Waals surface area contributed by atoms with E-state index >= 15 is 0 Å². The monoisotopic (exact) mass is 462 g/mol. The van der Waals surface area contributed by atoms with Gasteiger partial charge in [0, 0.05) is 11.1 Å².